The lowest BCUT2D eigenvalue weighted by Gasteiger charge is -2.21. The zero-order valence-electron chi connectivity index (χ0n) is 11.3. The highest BCUT2D eigenvalue weighted by atomic mass is 19.4. The summed E-state index contributed by atoms with van der Waals surface area (Å²) >= 11 is 0. The summed E-state index contributed by atoms with van der Waals surface area (Å²) in [5.41, 5.74) is 0.952. The topological polar surface area (TPSA) is 31.9 Å². The Balaban J connectivity index is 1.79. The van der Waals surface area contributed by atoms with E-state index in [1.165, 1.54) is 12.1 Å². The van der Waals surface area contributed by atoms with Crippen LogP contribution in [0.1, 0.15) is 24.4 Å². The molecular formula is C15H15F3N3. The van der Waals surface area contributed by atoms with Gasteiger partial charge in [-0.05, 0) is 30.5 Å². The molecular weight excluding hydrogens is 279 g/mol. The molecule has 6 heteroatoms. The molecule has 3 nitrogen and oxygen atoms in total. The van der Waals surface area contributed by atoms with Crippen molar-refractivity contribution >= 4 is 0 Å². The van der Waals surface area contributed by atoms with E-state index in [1.54, 1.807) is 6.20 Å². The number of rotatable bonds is 2. The summed E-state index contributed by atoms with van der Waals surface area (Å²) in [5, 5.41) is 8.64. The molecule has 0 spiro atoms. The Morgan fingerprint density at radius 1 is 1.00 bits per heavy atom. The molecule has 0 unspecified atom stereocenters. The number of hydrogen-bond donors (Lipinski definition) is 0. The zero-order valence-corrected chi connectivity index (χ0v) is 11.3. The third-order valence-electron chi connectivity index (χ3n) is 3.76. The molecule has 1 fully saturated rings. The first-order valence-electron chi connectivity index (χ1n) is 6.89. The maximum atomic E-state index is 12.5. The first-order chi connectivity index (χ1) is 10.0. The van der Waals surface area contributed by atoms with Crippen molar-refractivity contribution in [2.45, 2.75) is 25.1 Å². The van der Waals surface area contributed by atoms with E-state index in [-0.39, 0.29) is 0 Å². The molecule has 0 aliphatic carbocycles. The quantitative estimate of drug-likeness (QED) is 0.834. The van der Waals surface area contributed by atoms with Gasteiger partial charge in [0.1, 0.15) is 0 Å². The lowest BCUT2D eigenvalue weighted by atomic mass is 10.1. The minimum atomic E-state index is -4.30. The van der Waals surface area contributed by atoms with Gasteiger partial charge in [0.15, 0.2) is 0 Å². The van der Waals surface area contributed by atoms with E-state index in [2.05, 4.69) is 10.4 Å². The van der Waals surface area contributed by atoms with E-state index in [9.17, 15) is 13.2 Å². The number of alkyl halides is 3. The van der Waals surface area contributed by atoms with Crippen molar-refractivity contribution in [2.24, 2.45) is 0 Å². The average Bonchev–Trinajstić information content (AvgIpc) is 2.97. The van der Waals surface area contributed by atoms with Crippen molar-refractivity contribution in [3.05, 3.63) is 42.2 Å². The molecule has 1 aliphatic heterocycles. The molecule has 2 heterocycles. The summed E-state index contributed by atoms with van der Waals surface area (Å²) in [6.07, 6.45) is 1.24. The molecule has 1 aliphatic rings. The molecule has 1 aromatic carbocycles. The van der Waals surface area contributed by atoms with Gasteiger partial charge in [-0.1, -0.05) is 12.1 Å². The van der Waals surface area contributed by atoms with Crippen molar-refractivity contribution in [1.29, 1.82) is 0 Å². The number of benzene rings is 1. The molecule has 3 rings (SSSR count). The second-order valence-corrected chi connectivity index (χ2v) is 5.19. The molecule has 111 valence electrons. The second-order valence-electron chi connectivity index (χ2n) is 5.19. The van der Waals surface area contributed by atoms with E-state index in [4.69, 9.17) is 0 Å². The second kappa shape index (κ2) is 5.52. The Morgan fingerprint density at radius 3 is 2.29 bits per heavy atom. The van der Waals surface area contributed by atoms with Gasteiger partial charge in [-0.2, -0.15) is 18.3 Å². The number of hydrogen-bond acceptors (Lipinski definition) is 1. The van der Waals surface area contributed by atoms with E-state index >= 15 is 0 Å². The molecule has 1 radical (unpaired) electrons. The average molecular weight is 294 g/mol. The van der Waals surface area contributed by atoms with Crippen molar-refractivity contribution in [3.63, 3.8) is 0 Å². The van der Waals surface area contributed by atoms with Crippen LogP contribution in [0.2, 0.25) is 0 Å². The minimum absolute atomic E-state index is 0.339. The molecule has 0 atom stereocenters. The van der Waals surface area contributed by atoms with Gasteiger partial charge >= 0.3 is 6.18 Å². The standard InChI is InChI=1S/C15H15F3N3/c16-15(17,18)13-3-1-11(2-4-13)12-9-20-21(10-12)14-5-7-19-8-6-14/h1-4,9-10,14H,5-8H2. The largest absolute Gasteiger partial charge is 0.416 e. The van der Waals surface area contributed by atoms with Gasteiger partial charge in [0.05, 0.1) is 17.8 Å². The predicted molar refractivity (Wildman–Crippen MR) is 72.8 cm³/mol. The number of aromatic nitrogens is 2. The summed E-state index contributed by atoms with van der Waals surface area (Å²) in [7, 11) is 0. The lowest BCUT2D eigenvalue weighted by molar-refractivity contribution is -0.137. The molecule has 0 N–H and O–H groups in total. The molecule has 1 aromatic heterocycles. The van der Waals surface area contributed by atoms with Gasteiger partial charge in [-0.15, -0.1) is 0 Å². The van der Waals surface area contributed by atoms with Gasteiger partial charge in [-0.3, -0.25) is 4.68 Å². The van der Waals surface area contributed by atoms with E-state index < -0.39 is 11.7 Å². The Morgan fingerprint density at radius 2 is 1.67 bits per heavy atom. The van der Waals surface area contributed by atoms with Crippen LogP contribution < -0.4 is 5.32 Å². The third-order valence-corrected chi connectivity index (χ3v) is 3.76. The van der Waals surface area contributed by atoms with Crippen LogP contribution in [0, 0.1) is 0 Å². The fraction of sp³-hybridized carbons (Fsp3) is 0.400. The number of halogens is 3. The van der Waals surface area contributed by atoms with Gasteiger partial charge in [0, 0.05) is 24.8 Å². The van der Waals surface area contributed by atoms with Crippen LogP contribution in [-0.2, 0) is 6.18 Å². The van der Waals surface area contributed by atoms with E-state index in [1.807, 2.05) is 10.9 Å². The SMILES string of the molecule is FC(F)(F)c1ccc(-c2cnn(C3CC[N]CC3)c2)cc1. The van der Waals surface area contributed by atoms with Gasteiger partial charge in [0.2, 0.25) is 0 Å². The highest BCUT2D eigenvalue weighted by Gasteiger charge is 2.30. The van der Waals surface area contributed by atoms with E-state index in [0.717, 1.165) is 49.2 Å². The summed E-state index contributed by atoms with van der Waals surface area (Å²) < 4.78 is 39.5. The number of piperidine rings is 1. The van der Waals surface area contributed by atoms with Gasteiger partial charge < -0.3 is 0 Å². The van der Waals surface area contributed by atoms with Crippen molar-refractivity contribution in [2.75, 3.05) is 13.1 Å². The van der Waals surface area contributed by atoms with Crippen LogP contribution >= 0.6 is 0 Å². The van der Waals surface area contributed by atoms with Gasteiger partial charge in [-0.25, -0.2) is 5.32 Å². The van der Waals surface area contributed by atoms with Crippen LogP contribution in [0.3, 0.4) is 0 Å². The minimum Gasteiger partial charge on any atom is -0.269 e. The third kappa shape index (κ3) is 3.10. The molecule has 0 bridgehead atoms. The van der Waals surface area contributed by atoms with Crippen molar-refractivity contribution in [1.82, 2.24) is 15.1 Å². The van der Waals surface area contributed by atoms with Crippen LogP contribution in [0.5, 0.6) is 0 Å². The lowest BCUT2D eigenvalue weighted by Crippen LogP contribution is -2.24. The van der Waals surface area contributed by atoms with Crippen molar-refractivity contribution in [3.8, 4) is 11.1 Å². The predicted octanol–water partition coefficient (Wildman–Crippen LogP) is 3.51. The first-order valence-corrected chi connectivity index (χ1v) is 6.89. The van der Waals surface area contributed by atoms with Crippen LogP contribution in [0.4, 0.5) is 13.2 Å². The highest BCUT2D eigenvalue weighted by Crippen LogP contribution is 2.31. The monoisotopic (exact) mass is 294 g/mol. The molecule has 0 amide bonds. The fourth-order valence-corrected chi connectivity index (χ4v) is 2.54. The zero-order chi connectivity index (χ0) is 14.9. The highest BCUT2D eigenvalue weighted by molar-refractivity contribution is 5.62. The molecule has 0 saturated carbocycles. The Hall–Kier alpha value is -1.82. The van der Waals surface area contributed by atoms with Gasteiger partial charge in [0.25, 0.3) is 0 Å². The van der Waals surface area contributed by atoms with Crippen LogP contribution in [0.15, 0.2) is 36.7 Å². The molecule has 21 heavy (non-hydrogen) atoms. The van der Waals surface area contributed by atoms with Crippen LogP contribution in [-0.4, -0.2) is 22.9 Å². The first kappa shape index (κ1) is 14.1. The summed E-state index contributed by atoms with van der Waals surface area (Å²) in [4.78, 5) is 0. The Bertz CT molecular complexity index is 595. The number of nitrogens with zero attached hydrogens (tertiary/aromatic N) is 3. The normalized spacial score (nSPS) is 17.1. The fourth-order valence-electron chi connectivity index (χ4n) is 2.54. The summed E-state index contributed by atoms with van der Waals surface area (Å²) in [6.45, 7) is 1.69. The smallest absolute Gasteiger partial charge is 0.269 e. The maximum Gasteiger partial charge on any atom is 0.416 e. The van der Waals surface area contributed by atoms with Crippen molar-refractivity contribution < 1.29 is 13.2 Å². The summed E-state index contributed by atoms with van der Waals surface area (Å²) in [6, 6.07) is 5.52. The molecule has 1 saturated heterocycles. The summed E-state index contributed by atoms with van der Waals surface area (Å²) in [5.74, 6) is 0. The Kier molecular flexibility index (Phi) is 3.71. The Labute approximate surface area is 120 Å². The molecule has 2 aromatic rings. The van der Waals surface area contributed by atoms with Crippen LogP contribution in [0.25, 0.3) is 11.1 Å². The maximum absolute atomic E-state index is 12.5. The van der Waals surface area contributed by atoms with E-state index in [0.29, 0.717) is 6.04 Å².